The second-order valence-corrected chi connectivity index (χ2v) is 10.3. The maximum absolute atomic E-state index is 13.5. The van der Waals surface area contributed by atoms with Crippen molar-refractivity contribution < 1.29 is 70.7 Å². The third-order valence-corrected chi connectivity index (χ3v) is 7.39. The van der Waals surface area contributed by atoms with Crippen molar-refractivity contribution in [1.82, 2.24) is 19.1 Å². The van der Waals surface area contributed by atoms with Crippen LogP contribution in [0.5, 0.6) is 0 Å². The van der Waals surface area contributed by atoms with Crippen LogP contribution < -0.4 is 61.5 Å². The van der Waals surface area contributed by atoms with Crippen LogP contribution in [0.2, 0.25) is 0 Å². The van der Waals surface area contributed by atoms with Gasteiger partial charge in [0.25, 0.3) is 0 Å². The Morgan fingerprint density at radius 2 is 1.94 bits per heavy atom. The van der Waals surface area contributed by atoms with E-state index in [4.69, 9.17) is 9.47 Å². The van der Waals surface area contributed by atoms with Crippen LogP contribution in [0.25, 0.3) is 32.8 Å². The van der Waals surface area contributed by atoms with Gasteiger partial charge in [-0.15, -0.1) is 0 Å². The molecular weight excluding hydrogens is 509 g/mol. The number of benzene rings is 1. The fourth-order valence-electron chi connectivity index (χ4n) is 4.05. The van der Waals surface area contributed by atoms with Gasteiger partial charge in [-0.25, -0.2) is 0 Å². The van der Waals surface area contributed by atoms with E-state index < -0.39 is 10.2 Å². The summed E-state index contributed by atoms with van der Waals surface area (Å²) in [6, 6.07) is 10.3. The van der Waals surface area contributed by atoms with Gasteiger partial charge in [-0.3, -0.25) is 19.2 Å². The molecule has 5 rings (SSSR count). The first kappa shape index (κ1) is 27.3. The molecule has 12 heteroatoms. The van der Waals surface area contributed by atoms with Crippen molar-refractivity contribution in [3.05, 3.63) is 65.2 Å². The van der Waals surface area contributed by atoms with E-state index in [1.165, 1.54) is 11.4 Å². The second kappa shape index (κ2) is 11.3. The monoisotopic (exact) mass is 535 g/mol. The van der Waals surface area contributed by atoms with Crippen LogP contribution in [-0.2, 0) is 26.7 Å². The van der Waals surface area contributed by atoms with E-state index >= 15 is 0 Å². The Hall–Kier alpha value is -1.74. The first-order valence-electron chi connectivity index (χ1n) is 11.1. The summed E-state index contributed by atoms with van der Waals surface area (Å²) in [4.78, 5) is 18.0. The van der Waals surface area contributed by atoms with Crippen molar-refractivity contribution in [3.8, 4) is 11.1 Å². The average molecular weight is 536 g/mol. The molecule has 1 fully saturated rings. The largest absolute Gasteiger partial charge is 1.00 e. The van der Waals surface area contributed by atoms with E-state index in [0.717, 1.165) is 11.1 Å². The van der Waals surface area contributed by atoms with Crippen LogP contribution in [0, 0.1) is 0 Å². The summed E-state index contributed by atoms with van der Waals surface area (Å²) in [5.41, 5.74) is 2.23. The van der Waals surface area contributed by atoms with Crippen molar-refractivity contribution in [3.63, 3.8) is 0 Å². The molecule has 3 heterocycles. The van der Waals surface area contributed by atoms with E-state index in [0.29, 0.717) is 41.5 Å². The number of aryl methyl sites for hydroxylation is 1. The zero-order valence-corrected chi connectivity index (χ0v) is 24.3. The molecule has 1 saturated heterocycles. The Kier molecular flexibility index (Phi) is 8.59. The number of hydrogen-bond acceptors (Lipinski definition) is 7. The smallest absolute Gasteiger partial charge is 1.00 e. The Morgan fingerprint density at radius 3 is 2.67 bits per heavy atom. The summed E-state index contributed by atoms with van der Waals surface area (Å²) in [7, 11) is -0.578. The molecule has 0 spiro atoms. The summed E-state index contributed by atoms with van der Waals surface area (Å²) in [6.07, 6.45) is 4.94. The molecule has 0 unspecified atom stereocenters. The van der Waals surface area contributed by atoms with Gasteiger partial charge in [-0.2, -0.15) is 17.8 Å². The van der Waals surface area contributed by atoms with Crippen LogP contribution in [0.1, 0.15) is 1.43 Å². The van der Waals surface area contributed by atoms with Crippen LogP contribution in [0.4, 0.5) is 5.69 Å². The summed E-state index contributed by atoms with van der Waals surface area (Å²) in [6.45, 7) is 1.43. The molecule has 2 aromatic carbocycles. The number of likely N-dealkylation sites (N-methyl/N-ethyl adjacent to an activating group) is 1. The molecule has 4 aromatic rings. The van der Waals surface area contributed by atoms with Gasteiger partial charge in [0, 0.05) is 54.9 Å². The molecule has 1 aliphatic heterocycles. The predicted molar refractivity (Wildman–Crippen MR) is 135 cm³/mol. The first-order chi connectivity index (χ1) is 16.8. The van der Waals surface area contributed by atoms with Gasteiger partial charge in [0.1, 0.15) is 0 Å². The molecule has 0 saturated carbocycles. The Bertz CT molecular complexity index is 1580. The number of nitrogens with zero attached hydrogens (tertiary/aromatic N) is 4. The Balaban J connectivity index is 0.00000190. The molecule has 10 nitrogen and oxygen atoms in total. The molecule has 1 atom stereocenters. The fraction of sp³-hybridized carbons (Fsp3) is 0.292. The van der Waals surface area contributed by atoms with Gasteiger partial charge < -0.3 is 10.9 Å². The van der Waals surface area contributed by atoms with Gasteiger partial charge in [-0.05, 0) is 29.7 Å². The van der Waals surface area contributed by atoms with Crippen LogP contribution >= 0.6 is 0 Å². The minimum absolute atomic E-state index is 0. The molecule has 1 aliphatic rings. The number of fused-ring (bicyclic) bond motifs is 2. The SMILES string of the molecule is CN(C[C@@H]1COCCO1)S(=O)(=O)Nc1ccc2ccc3ncc(-c4cnn(C)c4)cc3c(=O)c2c1.[H-].[K+]. The maximum Gasteiger partial charge on any atom is 1.00 e. The Morgan fingerprint density at radius 1 is 1.14 bits per heavy atom. The molecular formula is C24H26KN5O5S. The topological polar surface area (TPSA) is 116 Å². The van der Waals surface area contributed by atoms with Crippen molar-refractivity contribution in [2.45, 2.75) is 6.10 Å². The molecule has 0 bridgehead atoms. The minimum Gasteiger partial charge on any atom is -1.00 e. The third-order valence-electron chi connectivity index (χ3n) is 5.92. The first-order valence-corrected chi connectivity index (χ1v) is 12.5. The van der Waals surface area contributed by atoms with E-state index in [1.54, 1.807) is 53.5 Å². The third kappa shape index (κ3) is 5.87. The normalized spacial score (nSPS) is 16.2. The van der Waals surface area contributed by atoms with Crippen LogP contribution in [0.15, 0.2) is 59.8 Å². The predicted octanol–water partition coefficient (Wildman–Crippen LogP) is -0.731. The molecule has 184 valence electrons. The zero-order chi connectivity index (χ0) is 24.6. The van der Waals surface area contributed by atoms with Gasteiger partial charge in [0.2, 0.25) is 0 Å². The number of rotatable bonds is 6. The van der Waals surface area contributed by atoms with E-state index in [2.05, 4.69) is 14.8 Å². The van der Waals surface area contributed by atoms with Gasteiger partial charge >= 0.3 is 61.6 Å². The summed E-state index contributed by atoms with van der Waals surface area (Å²) in [5.74, 6) is 0. The molecule has 0 amide bonds. The van der Waals surface area contributed by atoms with Gasteiger partial charge in [0.15, 0.2) is 5.43 Å². The number of ether oxygens (including phenoxy) is 2. The van der Waals surface area contributed by atoms with Crippen molar-refractivity contribution in [2.75, 3.05) is 38.1 Å². The fourth-order valence-corrected chi connectivity index (χ4v) is 4.99. The summed E-state index contributed by atoms with van der Waals surface area (Å²) < 4.78 is 42.1. The molecule has 36 heavy (non-hydrogen) atoms. The number of pyridine rings is 1. The molecule has 0 radical (unpaired) electrons. The van der Waals surface area contributed by atoms with E-state index in [9.17, 15) is 13.2 Å². The quantitative estimate of drug-likeness (QED) is 0.324. The standard InChI is InChI=1S/C24H25N5O5S.K.H/c1-28-13-18(12-26-28)17-9-22-23(25-11-17)6-4-16-3-5-19(10-21(16)24(22)30)27-35(31,32)29(2)14-20-15-33-7-8-34-20;;/h3-6,9-13,20,27H,7-8,14-15H2,1-2H3;;/q;+1;-1/t20-;;/m1../s1. The molecule has 1 N–H and O–H groups in total. The summed E-state index contributed by atoms with van der Waals surface area (Å²) in [5, 5.41) is 5.69. The number of aromatic nitrogens is 3. The number of anilines is 1. The van der Waals surface area contributed by atoms with E-state index in [-0.39, 0.29) is 76.6 Å². The van der Waals surface area contributed by atoms with Crippen LogP contribution in [0.3, 0.4) is 0 Å². The second-order valence-electron chi connectivity index (χ2n) is 8.48. The van der Waals surface area contributed by atoms with Crippen LogP contribution in [-0.4, -0.2) is 67.0 Å². The Labute approximate surface area is 252 Å². The summed E-state index contributed by atoms with van der Waals surface area (Å²) >= 11 is 0. The minimum atomic E-state index is -3.87. The van der Waals surface area contributed by atoms with Crippen molar-refractivity contribution in [2.24, 2.45) is 7.05 Å². The van der Waals surface area contributed by atoms with Crippen molar-refractivity contribution in [1.29, 1.82) is 0 Å². The van der Waals surface area contributed by atoms with Gasteiger partial charge in [0.05, 0.1) is 43.3 Å². The molecule has 0 aliphatic carbocycles. The van der Waals surface area contributed by atoms with Crippen molar-refractivity contribution >= 4 is 37.6 Å². The number of nitrogens with one attached hydrogen (secondary N) is 1. The van der Waals surface area contributed by atoms with E-state index in [1.807, 2.05) is 13.2 Å². The maximum atomic E-state index is 13.5. The average Bonchev–Trinajstić information content (AvgIpc) is 3.23. The van der Waals surface area contributed by atoms with Gasteiger partial charge in [-0.1, -0.05) is 12.1 Å². The number of hydrogen-bond donors (Lipinski definition) is 1. The zero-order valence-electron chi connectivity index (χ0n) is 21.3. The molecule has 2 aromatic heterocycles.